The lowest BCUT2D eigenvalue weighted by atomic mass is 9.98. The Morgan fingerprint density at radius 3 is 2.55 bits per heavy atom. The summed E-state index contributed by atoms with van der Waals surface area (Å²) in [5.74, 6) is 0.381. The normalized spacial score (nSPS) is 16.0. The molecule has 29 heavy (non-hydrogen) atoms. The second kappa shape index (κ2) is 6.82. The van der Waals surface area contributed by atoms with Crippen molar-refractivity contribution in [2.45, 2.75) is 26.4 Å². The largest absolute Gasteiger partial charge is 0.423 e. The number of ether oxygens (including phenoxy) is 1. The van der Waals surface area contributed by atoms with Crippen LogP contribution in [0.25, 0.3) is 10.9 Å². The first kappa shape index (κ1) is 17.6. The summed E-state index contributed by atoms with van der Waals surface area (Å²) in [6, 6.07) is 23.9. The molecule has 0 amide bonds. The monoisotopic (exact) mass is 382 g/mol. The zero-order valence-corrected chi connectivity index (χ0v) is 16.5. The van der Waals surface area contributed by atoms with E-state index in [1.54, 1.807) is 0 Å². The molecule has 1 unspecified atom stereocenters. The molecule has 0 saturated heterocycles. The molecule has 0 fully saturated rings. The standard InChI is InChI=1S/C25H22N2O2/c1-16-12-13-21-22(14-16)29-25(28)24(27(21)15-18-8-4-3-5-9-18)23-17(2)26-20-11-7-6-10-19(20)23/h3-14,24,26H,15H2,1-2H3. The molecular formula is C25H22N2O2. The molecule has 5 rings (SSSR count). The molecule has 0 aliphatic carbocycles. The van der Waals surface area contributed by atoms with Crippen LogP contribution in [0.15, 0.2) is 72.8 Å². The minimum absolute atomic E-state index is 0.244. The van der Waals surface area contributed by atoms with Gasteiger partial charge in [0.05, 0.1) is 5.69 Å². The quantitative estimate of drug-likeness (QED) is 0.378. The number of H-pyrrole nitrogens is 1. The summed E-state index contributed by atoms with van der Waals surface area (Å²) < 4.78 is 5.83. The van der Waals surface area contributed by atoms with Crippen LogP contribution < -0.4 is 9.64 Å². The highest BCUT2D eigenvalue weighted by atomic mass is 16.5. The van der Waals surface area contributed by atoms with Crippen molar-refractivity contribution in [3.05, 3.63) is 95.2 Å². The lowest BCUT2D eigenvalue weighted by Crippen LogP contribution is -2.40. The molecule has 1 aromatic heterocycles. The van der Waals surface area contributed by atoms with E-state index < -0.39 is 6.04 Å². The Morgan fingerprint density at radius 2 is 1.72 bits per heavy atom. The number of fused-ring (bicyclic) bond motifs is 2. The molecule has 1 aliphatic heterocycles. The van der Waals surface area contributed by atoms with Crippen LogP contribution in [0.5, 0.6) is 5.75 Å². The van der Waals surface area contributed by atoms with Crippen LogP contribution in [-0.2, 0) is 11.3 Å². The molecule has 144 valence electrons. The Balaban J connectivity index is 1.70. The van der Waals surface area contributed by atoms with Gasteiger partial charge in [-0.3, -0.25) is 0 Å². The van der Waals surface area contributed by atoms with E-state index in [4.69, 9.17) is 4.74 Å². The first-order valence-electron chi connectivity index (χ1n) is 9.82. The third-order valence-corrected chi connectivity index (χ3v) is 5.58. The minimum Gasteiger partial charge on any atom is -0.423 e. The lowest BCUT2D eigenvalue weighted by Gasteiger charge is -2.37. The predicted molar refractivity (Wildman–Crippen MR) is 115 cm³/mol. The smallest absolute Gasteiger partial charge is 0.339 e. The van der Waals surface area contributed by atoms with E-state index in [1.165, 1.54) is 0 Å². The number of carbonyl (C=O) groups excluding carboxylic acids is 1. The lowest BCUT2D eigenvalue weighted by molar-refractivity contribution is -0.137. The number of benzene rings is 3. The SMILES string of the molecule is Cc1ccc2c(c1)OC(=O)C(c1c(C)[nH]c3ccccc13)N2Cc1ccccc1. The molecule has 1 atom stereocenters. The van der Waals surface area contributed by atoms with Gasteiger partial charge in [0.1, 0.15) is 0 Å². The van der Waals surface area contributed by atoms with Crippen molar-refractivity contribution in [1.82, 2.24) is 4.98 Å². The fourth-order valence-corrected chi connectivity index (χ4v) is 4.25. The van der Waals surface area contributed by atoms with E-state index in [2.05, 4.69) is 40.2 Å². The van der Waals surface area contributed by atoms with Crippen molar-refractivity contribution in [3.63, 3.8) is 0 Å². The number of aromatic amines is 1. The van der Waals surface area contributed by atoms with Crippen LogP contribution in [0.4, 0.5) is 5.69 Å². The summed E-state index contributed by atoms with van der Waals surface area (Å²) >= 11 is 0. The number of anilines is 1. The number of hydrogen-bond donors (Lipinski definition) is 1. The first-order chi connectivity index (χ1) is 14.1. The zero-order valence-electron chi connectivity index (χ0n) is 16.5. The molecule has 0 spiro atoms. The van der Waals surface area contributed by atoms with E-state index in [9.17, 15) is 4.79 Å². The van der Waals surface area contributed by atoms with Gasteiger partial charge in [-0.1, -0.05) is 54.6 Å². The molecule has 3 aromatic carbocycles. The van der Waals surface area contributed by atoms with Crippen LogP contribution >= 0.6 is 0 Å². The third-order valence-electron chi connectivity index (χ3n) is 5.58. The van der Waals surface area contributed by atoms with E-state index >= 15 is 0 Å². The third kappa shape index (κ3) is 2.97. The highest BCUT2D eigenvalue weighted by Crippen LogP contribution is 2.44. The van der Waals surface area contributed by atoms with Crippen LogP contribution in [0.2, 0.25) is 0 Å². The number of aryl methyl sites for hydroxylation is 2. The number of para-hydroxylation sites is 1. The maximum absolute atomic E-state index is 13.3. The van der Waals surface area contributed by atoms with Gasteiger partial charge >= 0.3 is 5.97 Å². The summed E-state index contributed by atoms with van der Waals surface area (Å²) in [6.07, 6.45) is 0. The molecule has 0 bridgehead atoms. The number of esters is 1. The van der Waals surface area contributed by atoms with Gasteiger partial charge in [-0.25, -0.2) is 4.79 Å². The summed E-state index contributed by atoms with van der Waals surface area (Å²) in [5.41, 5.74) is 6.15. The predicted octanol–water partition coefficient (Wildman–Crippen LogP) is 5.45. The van der Waals surface area contributed by atoms with E-state index in [-0.39, 0.29) is 5.97 Å². The van der Waals surface area contributed by atoms with E-state index in [0.717, 1.165) is 39.0 Å². The van der Waals surface area contributed by atoms with Gasteiger partial charge in [-0.05, 0) is 43.2 Å². The van der Waals surface area contributed by atoms with Gasteiger partial charge in [-0.2, -0.15) is 0 Å². The Hall–Kier alpha value is -3.53. The summed E-state index contributed by atoms with van der Waals surface area (Å²) in [4.78, 5) is 18.9. The Kier molecular flexibility index (Phi) is 4.13. The van der Waals surface area contributed by atoms with Crippen LogP contribution in [0.3, 0.4) is 0 Å². The first-order valence-corrected chi connectivity index (χ1v) is 9.82. The van der Waals surface area contributed by atoms with Crippen molar-refractivity contribution in [3.8, 4) is 5.75 Å². The van der Waals surface area contributed by atoms with Crippen molar-refractivity contribution in [2.75, 3.05) is 4.90 Å². The molecule has 4 aromatic rings. The second-order valence-electron chi connectivity index (χ2n) is 7.62. The Morgan fingerprint density at radius 1 is 0.966 bits per heavy atom. The molecule has 0 radical (unpaired) electrons. The van der Waals surface area contributed by atoms with Gasteiger partial charge in [0.2, 0.25) is 0 Å². The highest BCUT2D eigenvalue weighted by molar-refractivity contribution is 5.96. The number of nitrogens with one attached hydrogen (secondary N) is 1. The summed E-state index contributed by atoms with van der Waals surface area (Å²) in [5, 5.41) is 1.06. The average molecular weight is 382 g/mol. The number of aromatic nitrogens is 1. The highest BCUT2D eigenvalue weighted by Gasteiger charge is 2.38. The van der Waals surface area contributed by atoms with Crippen molar-refractivity contribution in [1.29, 1.82) is 0 Å². The summed E-state index contributed by atoms with van der Waals surface area (Å²) in [7, 11) is 0. The van der Waals surface area contributed by atoms with Crippen molar-refractivity contribution < 1.29 is 9.53 Å². The van der Waals surface area contributed by atoms with Crippen molar-refractivity contribution in [2.24, 2.45) is 0 Å². The fraction of sp³-hybridized carbons (Fsp3) is 0.160. The van der Waals surface area contributed by atoms with Gasteiger partial charge in [0.15, 0.2) is 11.8 Å². The number of nitrogens with zero attached hydrogens (tertiary/aromatic N) is 1. The van der Waals surface area contributed by atoms with Gasteiger partial charge < -0.3 is 14.6 Å². The average Bonchev–Trinajstić information content (AvgIpc) is 3.04. The Bertz CT molecular complexity index is 1210. The maximum atomic E-state index is 13.3. The maximum Gasteiger partial charge on any atom is 0.339 e. The second-order valence-corrected chi connectivity index (χ2v) is 7.62. The van der Waals surface area contributed by atoms with Crippen LogP contribution in [0.1, 0.15) is 28.4 Å². The topological polar surface area (TPSA) is 45.3 Å². The van der Waals surface area contributed by atoms with Crippen LogP contribution in [-0.4, -0.2) is 11.0 Å². The number of hydrogen-bond acceptors (Lipinski definition) is 3. The van der Waals surface area contributed by atoms with Gasteiger partial charge in [0.25, 0.3) is 0 Å². The van der Waals surface area contributed by atoms with Crippen LogP contribution in [0, 0.1) is 13.8 Å². The molecule has 0 saturated carbocycles. The van der Waals surface area contributed by atoms with E-state index in [0.29, 0.717) is 12.3 Å². The number of carbonyl (C=O) groups is 1. The van der Waals surface area contributed by atoms with Gasteiger partial charge in [0, 0.05) is 28.7 Å². The molecule has 4 heteroatoms. The van der Waals surface area contributed by atoms with Gasteiger partial charge in [-0.15, -0.1) is 0 Å². The molecule has 2 heterocycles. The summed E-state index contributed by atoms with van der Waals surface area (Å²) in [6.45, 7) is 4.65. The molecule has 4 nitrogen and oxygen atoms in total. The van der Waals surface area contributed by atoms with E-state index in [1.807, 2.05) is 56.3 Å². The van der Waals surface area contributed by atoms with Crippen molar-refractivity contribution >= 4 is 22.6 Å². The number of rotatable bonds is 3. The molecule has 1 N–H and O–H groups in total. The minimum atomic E-state index is -0.512. The zero-order chi connectivity index (χ0) is 20.0. The molecular weight excluding hydrogens is 360 g/mol. The molecule has 1 aliphatic rings. The fourth-order valence-electron chi connectivity index (χ4n) is 4.25. The Labute approximate surface area is 169 Å².